The molecule has 0 heterocycles. The second-order valence-corrected chi connectivity index (χ2v) is 5.78. The molecule has 1 aromatic carbocycles. The average molecular weight is 253 g/mol. The van der Waals surface area contributed by atoms with Crippen molar-refractivity contribution in [1.82, 2.24) is 0 Å². The van der Waals surface area contributed by atoms with Crippen molar-refractivity contribution < 1.29 is 4.39 Å². The highest BCUT2D eigenvalue weighted by Crippen LogP contribution is 2.33. The van der Waals surface area contributed by atoms with Gasteiger partial charge in [0.05, 0.1) is 0 Å². The van der Waals surface area contributed by atoms with Crippen LogP contribution in [0.5, 0.6) is 0 Å². The van der Waals surface area contributed by atoms with Crippen LogP contribution >= 0.6 is 11.8 Å². The van der Waals surface area contributed by atoms with Gasteiger partial charge in [-0.05, 0) is 43.9 Å². The van der Waals surface area contributed by atoms with Gasteiger partial charge in [-0.1, -0.05) is 18.9 Å². The molecule has 0 saturated heterocycles. The maximum Gasteiger partial charge on any atom is 0.127 e. The maximum absolute atomic E-state index is 13.7. The second-order valence-electron chi connectivity index (χ2n) is 4.72. The molecule has 0 spiro atoms. The van der Waals surface area contributed by atoms with Gasteiger partial charge in [0.15, 0.2) is 0 Å². The SMILES string of the molecule is NCCc1c(F)cccc1SCC1CCCC1. The Bertz CT molecular complexity index is 361. The van der Waals surface area contributed by atoms with Crippen LogP contribution in [-0.4, -0.2) is 12.3 Å². The van der Waals surface area contributed by atoms with Gasteiger partial charge in [-0.25, -0.2) is 4.39 Å². The molecular weight excluding hydrogens is 233 g/mol. The minimum absolute atomic E-state index is 0.105. The summed E-state index contributed by atoms with van der Waals surface area (Å²) in [5.41, 5.74) is 6.34. The number of rotatable bonds is 5. The Morgan fingerprint density at radius 3 is 2.76 bits per heavy atom. The Morgan fingerprint density at radius 2 is 2.06 bits per heavy atom. The van der Waals surface area contributed by atoms with Gasteiger partial charge in [-0.15, -0.1) is 11.8 Å². The van der Waals surface area contributed by atoms with E-state index in [1.807, 2.05) is 6.07 Å². The van der Waals surface area contributed by atoms with E-state index >= 15 is 0 Å². The van der Waals surface area contributed by atoms with Gasteiger partial charge in [0.2, 0.25) is 0 Å². The summed E-state index contributed by atoms with van der Waals surface area (Å²) in [4.78, 5) is 1.09. The summed E-state index contributed by atoms with van der Waals surface area (Å²) in [7, 11) is 0. The topological polar surface area (TPSA) is 26.0 Å². The third-order valence-electron chi connectivity index (χ3n) is 3.42. The summed E-state index contributed by atoms with van der Waals surface area (Å²) >= 11 is 1.80. The van der Waals surface area contributed by atoms with Crippen molar-refractivity contribution in [2.45, 2.75) is 37.0 Å². The molecule has 0 radical (unpaired) electrons. The first-order valence-corrected chi connectivity index (χ1v) is 7.40. The molecule has 3 heteroatoms. The van der Waals surface area contributed by atoms with Crippen LogP contribution in [0.4, 0.5) is 4.39 Å². The molecule has 1 aromatic rings. The van der Waals surface area contributed by atoms with E-state index in [1.165, 1.54) is 31.7 Å². The Hall–Kier alpha value is -0.540. The number of benzene rings is 1. The molecule has 0 amide bonds. The number of halogens is 1. The second kappa shape index (κ2) is 6.41. The average Bonchev–Trinajstić information content (AvgIpc) is 2.83. The Labute approximate surface area is 107 Å². The number of nitrogens with two attached hydrogens (primary N) is 1. The highest BCUT2D eigenvalue weighted by Gasteiger charge is 2.16. The Balaban J connectivity index is 2.00. The van der Waals surface area contributed by atoms with E-state index in [0.29, 0.717) is 13.0 Å². The van der Waals surface area contributed by atoms with Gasteiger partial charge in [0.1, 0.15) is 5.82 Å². The number of thioether (sulfide) groups is 1. The van der Waals surface area contributed by atoms with Crippen molar-refractivity contribution in [2.75, 3.05) is 12.3 Å². The molecular formula is C14H20FNS. The Morgan fingerprint density at radius 1 is 1.29 bits per heavy atom. The van der Waals surface area contributed by atoms with E-state index in [9.17, 15) is 4.39 Å². The van der Waals surface area contributed by atoms with Crippen molar-refractivity contribution >= 4 is 11.8 Å². The minimum Gasteiger partial charge on any atom is -0.330 e. The zero-order valence-corrected chi connectivity index (χ0v) is 10.9. The summed E-state index contributed by atoms with van der Waals surface area (Å²) in [5, 5.41) is 0. The highest BCUT2D eigenvalue weighted by molar-refractivity contribution is 7.99. The lowest BCUT2D eigenvalue weighted by Gasteiger charge is -2.12. The summed E-state index contributed by atoms with van der Waals surface area (Å²) < 4.78 is 13.7. The zero-order valence-electron chi connectivity index (χ0n) is 10.1. The molecule has 17 heavy (non-hydrogen) atoms. The van der Waals surface area contributed by atoms with Crippen LogP contribution in [0.3, 0.4) is 0 Å². The molecule has 0 unspecified atom stereocenters. The quantitative estimate of drug-likeness (QED) is 0.811. The van der Waals surface area contributed by atoms with Gasteiger partial charge in [0.25, 0.3) is 0 Å². The van der Waals surface area contributed by atoms with Crippen molar-refractivity contribution in [3.05, 3.63) is 29.6 Å². The molecule has 94 valence electrons. The molecule has 1 aliphatic rings. The first kappa shape index (κ1) is 12.9. The number of hydrogen-bond acceptors (Lipinski definition) is 2. The molecule has 0 bridgehead atoms. The number of hydrogen-bond donors (Lipinski definition) is 1. The van der Waals surface area contributed by atoms with Crippen molar-refractivity contribution in [3.63, 3.8) is 0 Å². The van der Waals surface area contributed by atoms with Crippen molar-refractivity contribution in [2.24, 2.45) is 11.7 Å². The monoisotopic (exact) mass is 253 g/mol. The van der Waals surface area contributed by atoms with E-state index < -0.39 is 0 Å². The highest BCUT2D eigenvalue weighted by atomic mass is 32.2. The van der Waals surface area contributed by atoms with Crippen LogP contribution in [0.15, 0.2) is 23.1 Å². The van der Waals surface area contributed by atoms with Crippen LogP contribution in [0.25, 0.3) is 0 Å². The Kier molecular flexibility index (Phi) is 4.86. The van der Waals surface area contributed by atoms with Crippen molar-refractivity contribution in [3.8, 4) is 0 Å². The van der Waals surface area contributed by atoms with Gasteiger partial charge in [0, 0.05) is 16.2 Å². The van der Waals surface area contributed by atoms with E-state index in [4.69, 9.17) is 5.73 Å². The van der Waals surface area contributed by atoms with E-state index in [1.54, 1.807) is 17.8 Å². The molecule has 2 N–H and O–H groups in total. The van der Waals surface area contributed by atoms with Gasteiger partial charge in [-0.3, -0.25) is 0 Å². The van der Waals surface area contributed by atoms with Crippen LogP contribution in [0.1, 0.15) is 31.2 Å². The van der Waals surface area contributed by atoms with E-state index in [-0.39, 0.29) is 5.82 Å². The molecule has 0 aromatic heterocycles. The molecule has 0 aliphatic heterocycles. The first-order valence-electron chi connectivity index (χ1n) is 6.41. The summed E-state index contributed by atoms with van der Waals surface area (Å²) in [6, 6.07) is 5.35. The molecule has 1 fully saturated rings. The third-order valence-corrected chi connectivity index (χ3v) is 4.75. The van der Waals surface area contributed by atoms with Crippen LogP contribution in [-0.2, 0) is 6.42 Å². The smallest absolute Gasteiger partial charge is 0.127 e. The fraction of sp³-hybridized carbons (Fsp3) is 0.571. The van der Waals surface area contributed by atoms with Crippen LogP contribution in [0, 0.1) is 11.7 Å². The first-order chi connectivity index (χ1) is 8.31. The largest absolute Gasteiger partial charge is 0.330 e. The molecule has 0 atom stereocenters. The van der Waals surface area contributed by atoms with Gasteiger partial charge < -0.3 is 5.73 Å². The molecule has 2 rings (SSSR count). The predicted molar refractivity (Wildman–Crippen MR) is 71.8 cm³/mol. The summed E-state index contributed by atoms with van der Waals surface area (Å²) in [6.07, 6.45) is 6.05. The molecule has 1 saturated carbocycles. The summed E-state index contributed by atoms with van der Waals surface area (Å²) in [6.45, 7) is 0.512. The van der Waals surface area contributed by atoms with Gasteiger partial charge >= 0.3 is 0 Å². The van der Waals surface area contributed by atoms with Crippen LogP contribution in [0.2, 0.25) is 0 Å². The molecule has 1 nitrogen and oxygen atoms in total. The fourth-order valence-electron chi connectivity index (χ4n) is 2.45. The summed E-state index contributed by atoms with van der Waals surface area (Å²) in [5.74, 6) is 1.85. The van der Waals surface area contributed by atoms with Crippen LogP contribution < -0.4 is 5.73 Å². The lowest BCUT2D eigenvalue weighted by atomic mass is 10.1. The lowest BCUT2D eigenvalue weighted by molar-refractivity contribution is 0.602. The maximum atomic E-state index is 13.7. The zero-order chi connectivity index (χ0) is 12.1. The van der Waals surface area contributed by atoms with Gasteiger partial charge in [-0.2, -0.15) is 0 Å². The van der Waals surface area contributed by atoms with E-state index in [2.05, 4.69) is 0 Å². The standard InChI is InChI=1S/C14H20FNS/c15-13-6-3-7-14(12(13)8-9-16)17-10-11-4-1-2-5-11/h3,6-7,11H,1-2,4-5,8-10,16H2. The molecule has 1 aliphatic carbocycles. The van der Waals surface area contributed by atoms with Crippen molar-refractivity contribution in [1.29, 1.82) is 0 Å². The predicted octanol–water partition coefficient (Wildman–Crippen LogP) is 3.61. The fourth-order valence-corrected chi connectivity index (χ4v) is 3.74. The lowest BCUT2D eigenvalue weighted by Crippen LogP contribution is -2.06. The third kappa shape index (κ3) is 3.46. The van der Waals surface area contributed by atoms with E-state index in [0.717, 1.165) is 22.1 Å². The minimum atomic E-state index is -0.105. The normalized spacial score (nSPS) is 16.6.